The normalized spacial score (nSPS) is 25.1. The summed E-state index contributed by atoms with van der Waals surface area (Å²) in [5, 5.41) is 3.24. The first-order chi connectivity index (χ1) is 9.74. The SMILES string of the molecule is C[C@@H](c1ccccc1)N1CC[C@@H](NC(=O)C2CCC2)C1. The molecule has 3 rings (SSSR count). The number of hydrogen-bond donors (Lipinski definition) is 1. The minimum atomic E-state index is 0.287. The molecular formula is C17H24N2O. The van der Waals surface area contributed by atoms with Gasteiger partial charge < -0.3 is 5.32 Å². The second kappa shape index (κ2) is 5.96. The molecule has 1 aromatic rings. The Balaban J connectivity index is 1.52. The van der Waals surface area contributed by atoms with Crippen LogP contribution in [0.3, 0.4) is 0 Å². The number of likely N-dealkylation sites (tertiary alicyclic amines) is 1. The summed E-state index contributed by atoms with van der Waals surface area (Å²) in [7, 11) is 0. The first kappa shape index (κ1) is 13.6. The molecule has 3 nitrogen and oxygen atoms in total. The van der Waals surface area contributed by atoms with Crippen LogP contribution < -0.4 is 5.32 Å². The molecule has 1 amide bonds. The summed E-state index contributed by atoms with van der Waals surface area (Å²) in [4.78, 5) is 14.5. The zero-order valence-corrected chi connectivity index (χ0v) is 12.2. The van der Waals surface area contributed by atoms with Crippen molar-refractivity contribution in [3.8, 4) is 0 Å². The molecule has 20 heavy (non-hydrogen) atoms. The van der Waals surface area contributed by atoms with E-state index in [1.807, 2.05) is 0 Å². The van der Waals surface area contributed by atoms with Gasteiger partial charge in [-0.2, -0.15) is 0 Å². The quantitative estimate of drug-likeness (QED) is 0.914. The molecule has 1 aromatic carbocycles. The molecule has 0 aromatic heterocycles. The van der Waals surface area contributed by atoms with Crippen LogP contribution in [-0.4, -0.2) is 29.9 Å². The minimum absolute atomic E-state index is 0.287. The van der Waals surface area contributed by atoms with Crippen molar-refractivity contribution in [2.75, 3.05) is 13.1 Å². The predicted octanol–water partition coefficient (Wildman–Crippen LogP) is 2.74. The third-order valence-corrected chi connectivity index (χ3v) is 4.87. The van der Waals surface area contributed by atoms with E-state index in [9.17, 15) is 4.79 Å². The highest BCUT2D eigenvalue weighted by molar-refractivity contribution is 5.79. The number of nitrogens with one attached hydrogen (secondary N) is 1. The largest absolute Gasteiger partial charge is 0.352 e. The summed E-state index contributed by atoms with van der Waals surface area (Å²) in [6, 6.07) is 11.4. The van der Waals surface area contributed by atoms with E-state index in [1.165, 1.54) is 12.0 Å². The number of nitrogens with zero attached hydrogens (tertiary/aromatic N) is 1. The van der Waals surface area contributed by atoms with Gasteiger partial charge in [-0.05, 0) is 31.7 Å². The van der Waals surface area contributed by atoms with Gasteiger partial charge in [-0.25, -0.2) is 0 Å². The van der Waals surface area contributed by atoms with E-state index in [1.54, 1.807) is 0 Å². The van der Waals surface area contributed by atoms with Crippen molar-refractivity contribution in [3.05, 3.63) is 35.9 Å². The lowest BCUT2D eigenvalue weighted by molar-refractivity contribution is -0.128. The lowest BCUT2D eigenvalue weighted by Crippen LogP contribution is -2.42. The van der Waals surface area contributed by atoms with E-state index in [0.717, 1.165) is 32.4 Å². The Morgan fingerprint density at radius 1 is 1.25 bits per heavy atom. The molecule has 2 fully saturated rings. The van der Waals surface area contributed by atoms with Gasteiger partial charge in [-0.1, -0.05) is 36.8 Å². The van der Waals surface area contributed by atoms with Crippen LogP contribution in [0.4, 0.5) is 0 Å². The molecule has 1 saturated carbocycles. The number of amides is 1. The van der Waals surface area contributed by atoms with Crippen molar-refractivity contribution in [1.82, 2.24) is 10.2 Å². The standard InChI is InChI=1S/C17H24N2O/c1-13(14-6-3-2-4-7-14)19-11-10-16(12-19)18-17(20)15-8-5-9-15/h2-4,6-7,13,15-16H,5,8-12H2,1H3,(H,18,20)/t13-,16+/m0/s1. The van der Waals surface area contributed by atoms with E-state index in [-0.39, 0.29) is 5.91 Å². The van der Waals surface area contributed by atoms with Gasteiger partial charge in [0.1, 0.15) is 0 Å². The molecule has 108 valence electrons. The van der Waals surface area contributed by atoms with E-state index >= 15 is 0 Å². The summed E-state index contributed by atoms with van der Waals surface area (Å²) in [5.41, 5.74) is 1.36. The van der Waals surface area contributed by atoms with Crippen molar-refractivity contribution in [3.63, 3.8) is 0 Å². The van der Waals surface area contributed by atoms with Crippen molar-refractivity contribution in [1.29, 1.82) is 0 Å². The Morgan fingerprint density at radius 2 is 2.00 bits per heavy atom. The van der Waals surface area contributed by atoms with Crippen LogP contribution in [0, 0.1) is 5.92 Å². The maximum Gasteiger partial charge on any atom is 0.223 e. The third kappa shape index (κ3) is 2.88. The first-order valence-corrected chi connectivity index (χ1v) is 7.83. The first-order valence-electron chi connectivity index (χ1n) is 7.83. The van der Waals surface area contributed by atoms with Gasteiger partial charge in [0.15, 0.2) is 0 Å². The zero-order valence-electron chi connectivity index (χ0n) is 12.2. The molecule has 2 aliphatic rings. The Labute approximate surface area is 121 Å². The minimum Gasteiger partial charge on any atom is -0.352 e. The average Bonchev–Trinajstić information content (AvgIpc) is 2.85. The van der Waals surface area contributed by atoms with Crippen molar-refractivity contribution < 1.29 is 4.79 Å². The maximum atomic E-state index is 12.0. The van der Waals surface area contributed by atoms with Crippen LogP contribution in [0.2, 0.25) is 0 Å². The maximum absolute atomic E-state index is 12.0. The average molecular weight is 272 g/mol. The zero-order chi connectivity index (χ0) is 13.9. The Kier molecular flexibility index (Phi) is 4.06. The van der Waals surface area contributed by atoms with Crippen molar-refractivity contribution >= 4 is 5.91 Å². The van der Waals surface area contributed by atoms with Gasteiger partial charge >= 0.3 is 0 Å². The van der Waals surface area contributed by atoms with E-state index < -0.39 is 0 Å². The smallest absolute Gasteiger partial charge is 0.223 e. The fraction of sp³-hybridized carbons (Fsp3) is 0.588. The van der Waals surface area contributed by atoms with E-state index in [2.05, 4.69) is 47.5 Å². The number of carbonyl (C=O) groups is 1. The molecule has 1 heterocycles. The second-order valence-corrected chi connectivity index (χ2v) is 6.20. The molecule has 1 aliphatic heterocycles. The fourth-order valence-corrected chi connectivity index (χ4v) is 3.19. The Bertz CT molecular complexity index is 455. The van der Waals surface area contributed by atoms with Gasteiger partial charge in [-0.3, -0.25) is 9.69 Å². The van der Waals surface area contributed by atoms with Gasteiger partial charge in [0.2, 0.25) is 5.91 Å². The summed E-state index contributed by atoms with van der Waals surface area (Å²) in [6.07, 6.45) is 4.47. The number of hydrogen-bond acceptors (Lipinski definition) is 2. The molecule has 1 N–H and O–H groups in total. The van der Waals surface area contributed by atoms with Crippen LogP contribution in [0.15, 0.2) is 30.3 Å². The fourth-order valence-electron chi connectivity index (χ4n) is 3.19. The van der Waals surface area contributed by atoms with Crippen molar-refractivity contribution in [2.45, 2.75) is 44.7 Å². The van der Waals surface area contributed by atoms with Crippen LogP contribution in [0.25, 0.3) is 0 Å². The van der Waals surface area contributed by atoms with E-state index in [4.69, 9.17) is 0 Å². The van der Waals surface area contributed by atoms with Gasteiger partial charge in [0.05, 0.1) is 0 Å². The molecule has 0 radical (unpaired) electrons. The van der Waals surface area contributed by atoms with Gasteiger partial charge in [-0.15, -0.1) is 0 Å². The van der Waals surface area contributed by atoms with Gasteiger partial charge in [0, 0.05) is 31.1 Å². The number of rotatable bonds is 4. The second-order valence-electron chi connectivity index (χ2n) is 6.20. The highest BCUT2D eigenvalue weighted by atomic mass is 16.2. The molecular weight excluding hydrogens is 248 g/mol. The highest BCUT2D eigenvalue weighted by Gasteiger charge is 2.31. The molecule has 1 saturated heterocycles. The van der Waals surface area contributed by atoms with Crippen LogP contribution >= 0.6 is 0 Å². The Hall–Kier alpha value is -1.35. The lowest BCUT2D eigenvalue weighted by Gasteiger charge is -2.27. The van der Waals surface area contributed by atoms with Crippen LogP contribution in [0.1, 0.15) is 44.2 Å². The number of benzene rings is 1. The highest BCUT2D eigenvalue weighted by Crippen LogP contribution is 2.28. The summed E-state index contributed by atoms with van der Waals surface area (Å²) < 4.78 is 0. The lowest BCUT2D eigenvalue weighted by atomic mass is 9.84. The summed E-state index contributed by atoms with van der Waals surface area (Å²) >= 11 is 0. The molecule has 3 heteroatoms. The molecule has 0 spiro atoms. The topological polar surface area (TPSA) is 32.3 Å². The van der Waals surface area contributed by atoms with Gasteiger partial charge in [0.25, 0.3) is 0 Å². The third-order valence-electron chi connectivity index (χ3n) is 4.87. The molecule has 2 atom stereocenters. The summed E-state index contributed by atoms with van der Waals surface area (Å²) in [5.74, 6) is 0.589. The monoisotopic (exact) mass is 272 g/mol. The van der Waals surface area contributed by atoms with E-state index in [0.29, 0.717) is 18.0 Å². The molecule has 0 bridgehead atoms. The number of carbonyl (C=O) groups excluding carboxylic acids is 1. The Morgan fingerprint density at radius 3 is 2.65 bits per heavy atom. The van der Waals surface area contributed by atoms with Crippen LogP contribution in [0.5, 0.6) is 0 Å². The summed E-state index contributed by atoms with van der Waals surface area (Å²) in [6.45, 7) is 4.31. The predicted molar refractivity (Wildman–Crippen MR) is 80.3 cm³/mol. The molecule has 1 aliphatic carbocycles. The van der Waals surface area contributed by atoms with Crippen molar-refractivity contribution in [2.24, 2.45) is 5.92 Å². The molecule has 0 unspecified atom stereocenters. The van der Waals surface area contributed by atoms with Crippen LogP contribution in [-0.2, 0) is 4.79 Å².